The summed E-state index contributed by atoms with van der Waals surface area (Å²) in [5.74, 6) is 0.770. The molecule has 0 amide bonds. The first-order valence-corrected chi connectivity index (χ1v) is 6.79. The van der Waals surface area contributed by atoms with Crippen LogP contribution in [0.5, 0.6) is 0 Å². The zero-order valence-corrected chi connectivity index (χ0v) is 12.1. The molecule has 0 spiro atoms. The van der Waals surface area contributed by atoms with Crippen molar-refractivity contribution in [2.24, 2.45) is 0 Å². The Morgan fingerprint density at radius 2 is 1.86 bits per heavy atom. The number of halogens is 3. The van der Waals surface area contributed by atoms with E-state index in [0.717, 1.165) is 18.6 Å². The lowest BCUT2D eigenvalue weighted by Crippen LogP contribution is -2.16. The van der Waals surface area contributed by atoms with Gasteiger partial charge >= 0.3 is 6.18 Å². The van der Waals surface area contributed by atoms with Crippen LogP contribution in [0.3, 0.4) is 0 Å². The van der Waals surface area contributed by atoms with Crippen LogP contribution in [0.4, 0.5) is 30.6 Å². The van der Waals surface area contributed by atoms with Gasteiger partial charge in [0.15, 0.2) is 5.82 Å². The molecule has 2 aromatic rings. The molecule has 1 aromatic heterocycles. The SMILES string of the molecule is CCC(C)Nc1nncc(Nc2ccc(C(F)(F)F)cc2)n1. The van der Waals surface area contributed by atoms with Crippen molar-refractivity contribution in [1.29, 1.82) is 0 Å². The van der Waals surface area contributed by atoms with Gasteiger partial charge in [-0.2, -0.15) is 23.3 Å². The zero-order chi connectivity index (χ0) is 16.2. The molecule has 118 valence electrons. The van der Waals surface area contributed by atoms with Crippen LogP contribution in [-0.4, -0.2) is 21.2 Å². The van der Waals surface area contributed by atoms with Crippen molar-refractivity contribution in [1.82, 2.24) is 15.2 Å². The minimum Gasteiger partial charge on any atom is -0.350 e. The number of nitrogens with one attached hydrogen (secondary N) is 2. The Balaban J connectivity index is 2.09. The summed E-state index contributed by atoms with van der Waals surface area (Å²) in [6.07, 6.45) is -2.04. The third kappa shape index (κ3) is 4.31. The topological polar surface area (TPSA) is 62.7 Å². The van der Waals surface area contributed by atoms with Gasteiger partial charge in [0.2, 0.25) is 5.95 Å². The predicted octanol–water partition coefficient (Wildman–Crippen LogP) is 3.84. The van der Waals surface area contributed by atoms with E-state index in [4.69, 9.17) is 0 Å². The predicted molar refractivity (Wildman–Crippen MR) is 77.9 cm³/mol. The van der Waals surface area contributed by atoms with Crippen LogP contribution < -0.4 is 10.6 Å². The second-order valence-corrected chi connectivity index (χ2v) is 4.82. The van der Waals surface area contributed by atoms with E-state index in [0.29, 0.717) is 17.5 Å². The van der Waals surface area contributed by atoms with E-state index < -0.39 is 11.7 Å². The molecular weight excluding hydrogens is 295 g/mol. The molecule has 1 unspecified atom stereocenters. The molecule has 2 N–H and O–H groups in total. The smallest absolute Gasteiger partial charge is 0.350 e. The average Bonchev–Trinajstić information content (AvgIpc) is 2.47. The van der Waals surface area contributed by atoms with Crippen molar-refractivity contribution in [3.63, 3.8) is 0 Å². The quantitative estimate of drug-likeness (QED) is 0.878. The summed E-state index contributed by atoms with van der Waals surface area (Å²) in [6.45, 7) is 4.01. The molecule has 0 aliphatic rings. The largest absolute Gasteiger partial charge is 0.416 e. The Morgan fingerprint density at radius 3 is 2.45 bits per heavy atom. The second-order valence-electron chi connectivity index (χ2n) is 4.82. The van der Waals surface area contributed by atoms with Gasteiger partial charge in [-0.15, -0.1) is 5.10 Å². The average molecular weight is 311 g/mol. The summed E-state index contributed by atoms with van der Waals surface area (Å²) < 4.78 is 37.5. The number of hydrogen-bond acceptors (Lipinski definition) is 5. The van der Waals surface area contributed by atoms with Crippen LogP contribution in [0.25, 0.3) is 0 Å². The molecule has 0 saturated carbocycles. The highest BCUT2D eigenvalue weighted by Gasteiger charge is 2.29. The molecule has 0 bridgehead atoms. The number of hydrogen-bond donors (Lipinski definition) is 2. The Hall–Kier alpha value is -2.38. The fourth-order valence-corrected chi connectivity index (χ4v) is 1.64. The highest BCUT2D eigenvalue weighted by atomic mass is 19.4. The monoisotopic (exact) mass is 311 g/mol. The molecule has 5 nitrogen and oxygen atoms in total. The van der Waals surface area contributed by atoms with E-state index in [1.807, 2.05) is 13.8 Å². The van der Waals surface area contributed by atoms with E-state index in [-0.39, 0.29) is 6.04 Å². The standard InChI is InChI=1S/C14H16F3N5/c1-3-9(2)19-13-21-12(8-18-22-13)20-11-6-4-10(5-7-11)14(15,16)17/h4-9H,3H2,1-2H3,(H2,19,20,21,22). The van der Waals surface area contributed by atoms with E-state index in [2.05, 4.69) is 25.8 Å². The summed E-state index contributed by atoms with van der Waals surface area (Å²) in [5, 5.41) is 13.6. The molecule has 0 fully saturated rings. The van der Waals surface area contributed by atoms with Crippen LogP contribution >= 0.6 is 0 Å². The van der Waals surface area contributed by atoms with Gasteiger partial charge in [0.1, 0.15) is 0 Å². The first-order valence-electron chi connectivity index (χ1n) is 6.79. The van der Waals surface area contributed by atoms with Crippen molar-refractivity contribution in [3.8, 4) is 0 Å². The Kier molecular flexibility index (Phi) is 4.79. The molecule has 0 aliphatic carbocycles. The molecule has 0 radical (unpaired) electrons. The van der Waals surface area contributed by atoms with Crippen LogP contribution in [0.2, 0.25) is 0 Å². The molecule has 22 heavy (non-hydrogen) atoms. The lowest BCUT2D eigenvalue weighted by molar-refractivity contribution is -0.137. The van der Waals surface area contributed by atoms with Crippen LogP contribution in [0.15, 0.2) is 30.5 Å². The maximum absolute atomic E-state index is 12.5. The summed E-state index contributed by atoms with van der Waals surface area (Å²) in [4.78, 5) is 4.21. The van der Waals surface area contributed by atoms with E-state index in [1.165, 1.54) is 18.3 Å². The molecule has 2 rings (SSSR count). The van der Waals surface area contributed by atoms with Crippen molar-refractivity contribution < 1.29 is 13.2 Å². The van der Waals surface area contributed by atoms with Gasteiger partial charge in [-0.05, 0) is 37.6 Å². The van der Waals surface area contributed by atoms with Crippen molar-refractivity contribution in [2.45, 2.75) is 32.5 Å². The van der Waals surface area contributed by atoms with Crippen LogP contribution in [0.1, 0.15) is 25.8 Å². The van der Waals surface area contributed by atoms with Gasteiger partial charge in [-0.25, -0.2) is 0 Å². The lowest BCUT2D eigenvalue weighted by Gasteiger charge is -2.12. The van der Waals surface area contributed by atoms with Crippen LogP contribution in [0, 0.1) is 0 Å². The minimum atomic E-state index is -4.34. The summed E-state index contributed by atoms with van der Waals surface area (Å²) in [5.41, 5.74) is -0.207. The fourth-order valence-electron chi connectivity index (χ4n) is 1.64. The highest BCUT2D eigenvalue weighted by Crippen LogP contribution is 2.30. The third-order valence-corrected chi connectivity index (χ3v) is 3.03. The molecule has 0 aliphatic heterocycles. The molecule has 1 aromatic carbocycles. The van der Waals surface area contributed by atoms with E-state index in [1.54, 1.807) is 0 Å². The lowest BCUT2D eigenvalue weighted by atomic mass is 10.2. The van der Waals surface area contributed by atoms with Crippen LogP contribution in [-0.2, 0) is 6.18 Å². The third-order valence-electron chi connectivity index (χ3n) is 3.03. The second kappa shape index (κ2) is 6.59. The summed E-state index contributed by atoms with van der Waals surface area (Å²) in [7, 11) is 0. The molecule has 1 heterocycles. The zero-order valence-electron chi connectivity index (χ0n) is 12.1. The van der Waals surface area contributed by atoms with E-state index in [9.17, 15) is 13.2 Å². The van der Waals surface area contributed by atoms with Gasteiger partial charge in [0, 0.05) is 11.7 Å². The van der Waals surface area contributed by atoms with Gasteiger partial charge in [0.05, 0.1) is 11.8 Å². The van der Waals surface area contributed by atoms with Gasteiger partial charge in [0.25, 0.3) is 0 Å². The van der Waals surface area contributed by atoms with Crippen molar-refractivity contribution in [2.75, 3.05) is 10.6 Å². The summed E-state index contributed by atoms with van der Waals surface area (Å²) >= 11 is 0. The minimum absolute atomic E-state index is 0.197. The first-order chi connectivity index (χ1) is 10.4. The number of aromatic nitrogens is 3. The number of benzene rings is 1. The Bertz CT molecular complexity index is 613. The summed E-state index contributed by atoms with van der Waals surface area (Å²) in [6, 6.07) is 4.90. The molecule has 8 heteroatoms. The molecule has 1 atom stereocenters. The first kappa shape index (κ1) is 16.0. The normalized spacial score (nSPS) is 12.8. The number of nitrogens with zero attached hydrogens (tertiary/aromatic N) is 3. The molecule has 0 saturated heterocycles. The highest BCUT2D eigenvalue weighted by molar-refractivity contribution is 5.56. The van der Waals surface area contributed by atoms with E-state index >= 15 is 0 Å². The van der Waals surface area contributed by atoms with Gasteiger partial charge in [-0.3, -0.25) is 0 Å². The number of rotatable bonds is 5. The maximum Gasteiger partial charge on any atom is 0.416 e. The number of alkyl halides is 3. The Morgan fingerprint density at radius 1 is 1.18 bits per heavy atom. The molecular formula is C14H16F3N5. The van der Waals surface area contributed by atoms with Gasteiger partial charge < -0.3 is 10.6 Å². The Labute approximate surface area is 126 Å². The van der Waals surface area contributed by atoms with Crippen molar-refractivity contribution >= 4 is 17.5 Å². The van der Waals surface area contributed by atoms with Gasteiger partial charge in [-0.1, -0.05) is 6.92 Å². The number of anilines is 3. The maximum atomic E-state index is 12.5. The van der Waals surface area contributed by atoms with Crippen molar-refractivity contribution in [3.05, 3.63) is 36.0 Å². The fraction of sp³-hybridized carbons (Fsp3) is 0.357.